The Morgan fingerprint density at radius 2 is 0.896 bits per heavy atom. The van der Waals surface area contributed by atoms with Gasteiger partial charge in [-0.05, 0) is 56.7 Å². The molecule has 3 rings (SSSR count). The van der Waals surface area contributed by atoms with Crippen molar-refractivity contribution in [3.05, 3.63) is 52.1 Å². The largest absolute Gasteiger partial charge is 0.497 e. The van der Waals surface area contributed by atoms with Crippen LogP contribution in [0.25, 0.3) is 0 Å². The molecule has 6 heteroatoms. The van der Waals surface area contributed by atoms with Gasteiger partial charge in [-0.1, -0.05) is 97.8 Å². The molecule has 0 atom stereocenters. The molecule has 1 aliphatic carbocycles. The van der Waals surface area contributed by atoms with Crippen molar-refractivity contribution in [2.75, 3.05) is 41.0 Å². The molecule has 0 heterocycles. The predicted octanol–water partition coefficient (Wildman–Crippen LogP) is 10.9. The molecule has 268 valence electrons. The van der Waals surface area contributed by atoms with Crippen LogP contribution in [0.5, 0.6) is 17.2 Å². The number of unbranched alkanes of at least 4 members (excludes halogenated alkanes) is 15. The minimum atomic E-state index is -0.241. The summed E-state index contributed by atoms with van der Waals surface area (Å²) in [7, 11) is 4.67. The third-order valence-corrected chi connectivity index (χ3v) is 10.3. The molecule has 0 spiro atoms. The van der Waals surface area contributed by atoms with E-state index in [4.69, 9.17) is 14.2 Å². The number of benzene rings is 2. The fourth-order valence-electron chi connectivity index (χ4n) is 7.53. The van der Waals surface area contributed by atoms with E-state index < -0.39 is 0 Å². The molecular formula is C42H66NO5+. The summed E-state index contributed by atoms with van der Waals surface area (Å²) in [4.78, 5) is 28.1. The third-order valence-electron chi connectivity index (χ3n) is 10.3. The van der Waals surface area contributed by atoms with Crippen LogP contribution in [0, 0.1) is 0 Å². The first-order chi connectivity index (χ1) is 23.4. The number of fused-ring (bicyclic) bond motifs is 2. The zero-order valence-corrected chi connectivity index (χ0v) is 31.4. The summed E-state index contributed by atoms with van der Waals surface area (Å²) in [5, 5.41) is 0. The number of methoxy groups -OCH3 is 3. The highest BCUT2D eigenvalue weighted by Crippen LogP contribution is 2.40. The Bertz CT molecular complexity index is 1240. The van der Waals surface area contributed by atoms with E-state index in [9.17, 15) is 9.59 Å². The van der Waals surface area contributed by atoms with Gasteiger partial charge in [0.2, 0.25) is 5.78 Å². The van der Waals surface area contributed by atoms with Crippen LogP contribution in [-0.2, 0) is 6.54 Å². The van der Waals surface area contributed by atoms with Crippen molar-refractivity contribution in [3.63, 3.8) is 0 Å². The summed E-state index contributed by atoms with van der Waals surface area (Å²) in [6, 6.07) is 7.34. The highest BCUT2D eigenvalue weighted by molar-refractivity contribution is 6.30. The van der Waals surface area contributed by atoms with Crippen molar-refractivity contribution in [2.45, 2.75) is 143 Å². The first-order valence-electron chi connectivity index (χ1n) is 19.3. The number of quaternary nitrogens is 1. The van der Waals surface area contributed by atoms with Crippen LogP contribution >= 0.6 is 0 Å². The second-order valence-corrected chi connectivity index (χ2v) is 14.1. The molecule has 1 aliphatic rings. The number of ether oxygens (including phenoxy) is 3. The van der Waals surface area contributed by atoms with Gasteiger partial charge in [0.15, 0.2) is 5.78 Å². The van der Waals surface area contributed by atoms with Crippen molar-refractivity contribution in [1.82, 2.24) is 0 Å². The van der Waals surface area contributed by atoms with Crippen LogP contribution in [0.3, 0.4) is 0 Å². The molecule has 0 unspecified atom stereocenters. The lowest BCUT2D eigenvalue weighted by Crippen LogP contribution is -2.49. The zero-order valence-electron chi connectivity index (χ0n) is 31.4. The van der Waals surface area contributed by atoms with Gasteiger partial charge in [-0.3, -0.25) is 9.59 Å². The summed E-state index contributed by atoms with van der Waals surface area (Å²) in [5.41, 5.74) is 2.45. The van der Waals surface area contributed by atoms with Gasteiger partial charge < -0.3 is 18.7 Å². The maximum absolute atomic E-state index is 14.1. The average molecular weight is 665 g/mol. The van der Waals surface area contributed by atoms with Gasteiger partial charge in [-0.2, -0.15) is 0 Å². The highest BCUT2D eigenvalue weighted by Gasteiger charge is 2.37. The van der Waals surface area contributed by atoms with Gasteiger partial charge in [0.25, 0.3) is 0 Å². The first kappa shape index (κ1) is 39.6. The minimum absolute atomic E-state index is 0.183. The van der Waals surface area contributed by atoms with E-state index in [1.165, 1.54) is 123 Å². The van der Waals surface area contributed by atoms with Gasteiger partial charge in [0.1, 0.15) is 23.8 Å². The highest BCUT2D eigenvalue weighted by atomic mass is 16.5. The Balaban J connectivity index is 1.97. The van der Waals surface area contributed by atoms with Crippen molar-refractivity contribution >= 4 is 11.6 Å². The van der Waals surface area contributed by atoms with Crippen LogP contribution < -0.4 is 14.2 Å². The molecule has 48 heavy (non-hydrogen) atoms. The number of carbonyl (C=O) groups is 2. The van der Waals surface area contributed by atoms with Gasteiger partial charge in [-0.15, -0.1) is 0 Å². The van der Waals surface area contributed by atoms with E-state index >= 15 is 0 Å². The lowest BCUT2D eigenvalue weighted by atomic mass is 9.82. The van der Waals surface area contributed by atoms with E-state index in [-0.39, 0.29) is 17.1 Å². The van der Waals surface area contributed by atoms with Crippen LogP contribution in [0.4, 0.5) is 0 Å². The Morgan fingerprint density at radius 3 is 1.33 bits per heavy atom. The molecule has 2 aromatic carbocycles. The standard InChI is InChI=1S/C42H66NO5/c1-7-10-13-16-19-22-25-43(26-23-20-17-14-11-8-2,27-24-21-18-15-12-9-3)32-33-28-35-39(37(29-33)47-5)42(45)40-36(41(35)44)30-34(46-4)31-38(40)48-6/h28-31H,7-27,32H2,1-6H3/q+1. The molecule has 0 bridgehead atoms. The van der Waals surface area contributed by atoms with Gasteiger partial charge in [0, 0.05) is 22.8 Å². The summed E-state index contributed by atoms with van der Waals surface area (Å²) in [5.74, 6) is 0.881. The predicted molar refractivity (Wildman–Crippen MR) is 198 cm³/mol. The van der Waals surface area contributed by atoms with Gasteiger partial charge >= 0.3 is 0 Å². The number of hydrogen-bond donors (Lipinski definition) is 0. The number of hydrogen-bond acceptors (Lipinski definition) is 5. The average Bonchev–Trinajstić information content (AvgIpc) is 3.10. The molecule has 0 radical (unpaired) electrons. The Morgan fingerprint density at radius 1 is 0.479 bits per heavy atom. The molecule has 0 amide bonds. The quantitative estimate of drug-likeness (QED) is 0.0631. The third kappa shape index (κ3) is 11.1. The monoisotopic (exact) mass is 664 g/mol. The molecule has 0 aromatic heterocycles. The molecule has 0 saturated carbocycles. The summed E-state index contributed by atoms with van der Waals surface area (Å²) in [6.45, 7) is 11.1. The SMILES string of the molecule is CCCCCCCC[N+](CCCCCCCC)(CCCCCCCC)Cc1cc(OC)c2c(c1)C(=O)c1cc(OC)cc(OC)c1C2=O. The Labute approximate surface area is 292 Å². The molecule has 0 fully saturated rings. The van der Waals surface area contributed by atoms with Crippen molar-refractivity contribution in [2.24, 2.45) is 0 Å². The topological polar surface area (TPSA) is 61.8 Å². The van der Waals surface area contributed by atoms with Gasteiger partial charge in [-0.25, -0.2) is 0 Å². The second-order valence-electron chi connectivity index (χ2n) is 14.1. The lowest BCUT2D eigenvalue weighted by molar-refractivity contribution is -0.941. The summed E-state index contributed by atoms with van der Waals surface area (Å²) in [6.07, 6.45) is 23.1. The normalized spacial score (nSPS) is 12.6. The molecule has 0 saturated heterocycles. The Hall–Kier alpha value is -2.86. The van der Waals surface area contributed by atoms with Crippen LogP contribution in [0.15, 0.2) is 24.3 Å². The smallest absolute Gasteiger partial charge is 0.201 e. The fourth-order valence-corrected chi connectivity index (χ4v) is 7.53. The van der Waals surface area contributed by atoms with E-state index in [0.29, 0.717) is 33.9 Å². The first-order valence-corrected chi connectivity index (χ1v) is 19.3. The second kappa shape index (κ2) is 21.3. The maximum Gasteiger partial charge on any atom is 0.201 e. The molecule has 0 N–H and O–H groups in total. The summed E-state index contributed by atoms with van der Waals surface area (Å²) < 4.78 is 17.9. The zero-order chi connectivity index (χ0) is 34.8. The molecule has 2 aromatic rings. The van der Waals surface area contributed by atoms with E-state index in [2.05, 4.69) is 20.8 Å². The van der Waals surface area contributed by atoms with E-state index in [0.717, 1.165) is 36.2 Å². The number of nitrogens with zero attached hydrogens (tertiary/aromatic N) is 1. The van der Waals surface area contributed by atoms with Crippen molar-refractivity contribution in [1.29, 1.82) is 0 Å². The van der Waals surface area contributed by atoms with Crippen molar-refractivity contribution < 1.29 is 28.3 Å². The van der Waals surface area contributed by atoms with Gasteiger partial charge in [0.05, 0.1) is 52.1 Å². The number of ketones is 2. The fraction of sp³-hybridized carbons (Fsp3) is 0.667. The molecule has 6 nitrogen and oxygen atoms in total. The van der Waals surface area contributed by atoms with Crippen LogP contribution in [0.2, 0.25) is 0 Å². The number of rotatable bonds is 26. The maximum atomic E-state index is 14.1. The van der Waals surface area contributed by atoms with Crippen molar-refractivity contribution in [3.8, 4) is 17.2 Å². The lowest BCUT2D eigenvalue weighted by Gasteiger charge is -2.40. The minimum Gasteiger partial charge on any atom is -0.497 e. The Kier molecular flexibility index (Phi) is 17.5. The van der Waals surface area contributed by atoms with Crippen LogP contribution in [0.1, 0.15) is 174 Å². The van der Waals surface area contributed by atoms with Crippen LogP contribution in [-0.4, -0.2) is 57.0 Å². The molecule has 0 aliphatic heterocycles. The summed E-state index contributed by atoms with van der Waals surface area (Å²) >= 11 is 0. The van der Waals surface area contributed by atoms with E-state index in [1.807, 2.05) is 12.1 Å². The molecular weight excluding hydrogens is 598 g/mol. The number of carbonyl (C=O) groups excluding carboxylic acids is 2. The van der Waals surface area contributed by atoms with E-state index in [1.54, 1.807) is 26.4 Å².